The summed E-state index contributed by atoms with van der Waals surface area (Å²) in [6, 6.07) is 7.84. The fourth-order valence-corrected chi connectivity index (χ4v) is 2.92. The zero-order valence-corrected chi connectivity index (χ0v) is 14.6. The first-order chi connectivity index (χ1) is 11.4. The van der Waals surface area contributed by atoms with Gasteiger partial charge in [-0.25, -0.2) is 5.84 Å². The molecule has 132 valence electrons. The van der Waals surface area contributed by atoms with Gasteiger partial charge in [-0.3, -0.25) is 15.0 Å². The van der Waals surface area contributed by atoms with E-state index < -0.39 is 6.10 Å². The highest BCUT2D eigenvalue weighted by Gasteiger charge is 2.29. The second-order valence-electron chi connectivity index (χ2n) is 6.59. The van der Waals surface area contributed by atoms with E-state index in [1.807, 2.05) is 24.3 Å². The highest BCUT2D eigenvalue weighted by atomic mass is 16.5. The van der Waals surface area contributed by atoms with Gasteiger partial charge < -0.3 is 9.64 Å². The van der Waals surface area contributed by atoms with Crippen LogP contribution in [-0.2, 0) is 9.59 Å². The Kier molecular flexibility index (Phi) is 6.20. The van der Waals surface area contributed by atoms with E-state index in [0.717, 1.165) is 0 Å². The Morgan fingerprint density at radius 2 is 1.75 bits per heavy atom. The van der Waals surface area contributed by atoms with Crippen LogP contribution in [0.2, 0.25) is 0 Å². The summed E-state index contributed by atoms with van der Waals surface area (Å²) < 4.78 is 5.77. The summed E-state index contributed by atoms with van der Waals surface area (Å²) in [6.45, 7) is 7.14. The van der Waals surface area contributed by atoms with Gasteiger partial charge >= 0.3 is 0 Å². The number of benzene rings is 1. The quantitative estimate of drug-likeness (QED) is 0.489. The monoisotopic (exact) mass is 333 g/mol. The van der Waals surface area contributed by atoms with Crippen molar-refractivity contribution >= 4 is 11.8 Å². The largest absolute Gasteiger partial charge is 0.481 e. The Balaban J connectivity index is 1.87. The van der Waals surface area contributed by atoms with Crippen LogP contribution in [0.25, 0.3) is 0 Å². The average molecular weight is 333 g/mol. The van der Waals surface area contributed by atoms with Gasteiger partial charge in [0.15, 0.2) is 6.10 Å². The molecule has 0 saturated carbocycles. The van der Waals surface area contributed by atoms with Gasteiger partial charge in [0.1, 0.15) is 5.75 Å². The molecule has 1 heterocycles. The predicted octanol–water partition coefficient (Wildman–Crippen LogP) is 1.81. The molecular weight excluding hydrogens is 306 g/mol. The van der Waals surface area contributed by atoms with Crippen LogP contribution >= 0.6 is 0 Å². The van der Waals surface area contributed by atoms with Crippen molar-refractivity contribution in [3.05, 3.63) is 29.8 Å². The number of carbonyl (C=O) groups excluding carboxylic acids is 2. The Hall–Kier alpha value is -2.08. The zero-order chi connectivity index (χ0) is 17.7. The molecular formula is C18H27N3O3. The first-order valence-electron chi connectivity index (χ1n) is 8.48. The molecule has 1 fully saturated rings. The van der Waals surface area contributed by atoms with Crippen LogP contribution in [-0.4, -0.2) is 35.9 Å². The van der Waals surface area contributed by atoms with Crippen molar-refractivity contribution in [2.45, 2.75) is 45.6 Å². The molecule has 6 nitrogen and oxygen atoms in total. The molecule has 1 aromatic rings. The number of carbonyl (C=O) groups is 2. The van der Waals surface area contributed by atoms with E-state index in [1.54, 1.807) is 11.8 Å². The predicted molar refractivity (Wildman–Crippen MR) is 92.3 cm³/mol. The fourth-order valence-electron chi connectivity index (χ4n) is 2.92. The molecule has 1 atom stereocenters. The van der Waals surface area contributed by atoms with Crippen molar-refractivity contribution < 1.29 is 14.3 Å². The standard InChI is InChI=1S/C18H27N3O3/c1-12(2)14-4-6-16(7-5-14)24-13(3)18(23)21-10-8-15(9-11-21)17(22)20-19/h4-7,12-13,15H,8-11,19H2,1-3H3,(H,20,22). The number of nitrogens with two attached hydrogens (primary N) is 1. The third-order valence-corrected chi connectivity index (χ3v) is 4.53. The molecule has 3 N–H and O–H groups in total. The van der Waals surface area contributed by atoms with E-state index in [4.69, 9.17) is 10.6 Å². The number of ether oxygens (including phenoxy) is 1. The second kappa shape index (κ2) is 8.15. The SMILES string of the molecule is CC(Oc1ccc(C(C)C)cc1)C(=O)N1CCC(C(=O)NN)CC1. The number of hydrogen-bond acceptors (Lipinski definition) is 4. The Morgan fingerprint density at radius 1 is 1.17 bits per heavy atom. The normalized spacial score (nSPS) is 16.8. The van der Waals surface area contributed by atoms with Gasteiger partial charge in [-0.05, 0) is 43.4 Å². The highest BCUT2D eigenvalue weighted by Crippen LogP contribution is 2.21. The molecule has 2 amide bonds. The van der Waals surface area contributed by atoms with Crippen molar-refractivity contribution in [3.63, 3.8) is 0 Å². The number of hydrazine groups is 1. The summed E-state index contributed by atoms with van der Waals surface area (Å²) in [4.78, 5) is 25.8. The number of nitrogens with zero attached hydrogens (tertiary/aromatic N) is 1. The van der Waals surface area contributed by atoms with Gasteiger partial charge in [0.2, 0.25) is 5.91 Å². The molecule has 1 aliphatic rings. The number of likely N-dealkylation sites (tertiary alicyclic amines) is 1. The van der Waals surface area contributed by atoms with Crippen LogP contribution in [0.4, 0.5) is 0 Å². The summed E-state index contributed by atoms with van der Waals surface area (Å²) in [5, 5.41) is 0. The van der Waals surface area contributed by atoms with Crippen LogP contribution in [0, 0.1) is 5.92 Å². The minimum Gasteiger partial charge on any atom is -0.481 e. The molecule has 0 radical (unpaired) electrons. The number of rotatable bonds is 5. The number of hydrogen-bond donors (Lipinski definition) is 2. The summed E-state index contributed by atoms with van der Waals surface area (Å²) >= 11 is 0. The minimum absolute atomic E-state index is 0.0467. The van der Waals surface area contributed by atoms with E-state index in [2.05, 4.69) is 19.3 Å². The van der Waals surface area contributed by atoms with Gasteiger partial charge in [0, 0.05) is 19.0 Å². The molecule has 0 bridgehead atoms. The van der Waals surface area contributed by atoms with Gasteiger partial charge in [-0.2, -0.15) is 0 Å². The fraction of sp³-hybridized carbons (Fsp3) is 0.556. The average Bonchev–Trinajstić information content (AvgIpc) is 2.61. The third kappa shape index (κ3) is 4.47. The van der Waals surface area contributed by atoms with E-state index in [0.29, 0.717) is 37.6 Å². The van der Waals surface area contributed by atoms with Crippen LogP contribution in [0.5, 0.6) is 5.75 Å². The smallest absolute Gasteiger partial charge is 0.263 e. The van der Waals surface area contributed by atoms with Crippen LogP contribution in [0.1, 0.15) is 45.1 Å². The van der Waals surface area contributed by atoms with E-state index >= 15 is 0 Å². The van der Waals surface area contributed by atoms with Crippen molar-refractivity contribution in [2.75, 3.05) is 13.1 Å². The van der Waals surface area contributed by atoms with Crippen molar-refractivity contribution in [1.29, 1.82) is 0 Å². The molecule has 6 heteroatoms. The Morgan fingerprint density at radius 3 is 2.25 bits per heavy atom. The molecule has 1 unspecified atom stereocenters. The highest BCUT2D eigenvalue weighted by molar-refractivity contribution is 5.82. The molecule has 1 aromatic carbocycles. The molecule has 2 rings (SSSR count). The van der Waals surface area contributed by atoms with Gasteiger partial charge in [-0.15, -0.1) is 0 Å². The molecule has 1 aliphatic heterocycles. The van der Waals surface area contributed by atoms with E-state index in [-0.39, 0.29) is 17.7 Å². The van der Waals surface area contributed by atoms with E-state index in [9.17, 15) is 9.59 Å². The lowest BCUT2D eigenvalue weighted by atomic mass is 9.96. The summed E-state index contributed by atoms with van der Waals surface area (Å²) in [5.74, 6) is 6.00. The number of nitrogens with one attached hydrogen (secondary N) is 1. The molecule has 0 aromatic heterocycles. The van der Waals surface area contributed by atoms with Crippen molar-refractivity contribution in [2.24, 2.45) is 11.8 Å². The maximum atomic E-state index is 12.5. The molecule has 0 spiro atoms. The third-order valence-electron chi connectivity index (χ3n) is 4.53. The topological polar surface area (TPSA) is 84.7 Å². The van der Waals surface area contributed by atoms with Gasteiger partial charge in [-0.1, -0.05) is 26.0 Å². The maximum absolute atomic E-state index is 12.5. The van der Waals surface area contributed by atoms with Gasteiger partial charge in [0.25, 0.3) is 5.91 Å². The molecule has 1 saturated heterocycles. The Labute approximate surface area is 143 Å². The number of piperidine rings is 1. The lowest BCUT2D eigenvalue weighted by molar-refractivity contribution is -0.141. The summed E-state index contributed by atoms with van der Waals surface area (Å²) in [5.41, 5.74) is 3.42. The summed E-state index contributed by atoms with van der Waals surface area (Å²) in [6.07, 6.45) is 0.713. The molecule has 24 heavy (non-hydrogen) atoms. The lowest BCUT2D eigenvalue weighted by Gasteiger charge is -2.32. The molecule has 0 aliphatic carbocycles. The first-order valence-corrected chi connectivity index (χ1v) is 8.48. The maximum Gasteiger partial charge on any atom is 0.263 e. The first kappa shape index (κ1) is 18.3. The van der Waals surface area contributed by atoms with Crippen LogP contribution < -0.4 is 16.0 Å². The zero-order valence-electron chi connectivity index (χ0n) is 14.6. The number of amides is 2. The second-order valence-corrected chi connectivity index (χ2v) is 6.59. The Bertz CT molecular complexity index is 563. The summed E-state index contributed by atoms with van der Waals surface area (Å²) in [7, 11) is 0. The van der Waals surface area contributed by atoms with Gasteiger partial charge in [0.05, 0.1) is 0 Å². The van der Waals surface area contributed by atoms with Crippen LogP contribution in [0.3, 0.4) is 0 Å². The van der Waals surface area contributed by atoms with Crippen molar-refractivity contribution in [1.82, 2.24) is 10.3 Å². The lowest BCUT2D eigenvalue weighted by Crippen LogP contribution is -2.47. The van der Waals surface area contributed by atoms with Crippen LogP contribution in [0.15, 0.2) is 24.3 Å². The van der Waals surface area contributed by atoms with E-state index in [1.165, 1.54) is 5.56 Å². The van der Waals surface area contributed by atoms with Crippen molar-refractivity contribution in [3.8, 4) is 5.75 Å². The minimum atomic E-state index is -0.546.